The second kappa shape index (κ2) is 11.4. The quantitative estimate of drug-likeness (QED) is 0.402. The van der Waals surface area contributed by atoms with Crippen LogP contribution in [0.2, 0.25) is 0 Å². The van der Waals surface area contributed by atoms with E-state index >= 15 is 0 Å². The number of hydrogen-bond acceptors (Lipinski definition) is 5. The van der Waals surface area contributed by atoms with Crippen LogP contribution in [0.15, 0.2) is 88.3 Å². The first kappa shape index (κ1) is 24.0. The molecule has 0 saturated carbocycles. The minimum Gasteiger partial charge on any atom is -0.497 e. The number of halogens is 1. The Balaban J connectivity index is 1.47. The summed E-state index contributed by atoms with van der Waals surface area (Å²) in [6, 6.07) is 24.7. The molecule has 1 heterocycles. The normalized spacial score (nSPS) is 16.6. The van der Waals surface area contributed by atoms with E-state index in [0.717, 1.165) is 21.5 Å². The molecule has 8 heteroatoms. The van der Waals surface area contributed by atoms with Gasteiger partial charge >= 0.3 is 0 Å². The SMILES string of the molecule is COc1ccc(CCN2C(=O)[C@@H](CC(=O)Nc3ccc(Br)cc3)SC2=Nc2ccccc2)cc1. The number of aliphatic imine (C=N–C) groups is 1. The molecule has 1 N–H and O–H groups in total. The van der Waals surface area contributed by atoms with Crippen LogP contribution < -0.4 is 10.1 Å². The molecule has 1 saturated heterocycles. The molecule has 0 unspecified atom stereocenters. The van der Waals surface area contributed by atoms with Crippen molar-refractivity contribution in [3.8, 4) is 5.75 Å². The molecular weight excluding hydrogens is 514 g/mol. The first-order valence-corrected chi connectivity index (χ1v) is 12.5. The summed E-state index contributed by atoms with van der Waals surface area (Å²) >= 11 is 4.73. The topological polar surface area (TPSA) is 71.0 Å². The average Bonchev–Trinajstić information content (AvgIpc) is 3.13. The Morgan fingerprint density at radius 3 is 2.44 bits per heavy atom. The fourth-order valence-corrected chi connectivity index (χ4v) is 4.94. The number of methoxy groups -OCH3 is 1. The number of carbonyl (C=O) groups is 2. The molecule has 0 spiro atoms. The van der Waals surface area contributed by atoms with Crippen molar-refractivity contribution in [2.75, 3.05) is 19.0 Å². The Morgan fingerprint density at radius 1 is 1.06 bits per heavy atom. The summed E-state index contributed by atoms with van der Waals surface area (Å²) in [6.45, 7) is 0.481. The van der Waals surface area contributed by atoms with Crippen molar-refractivity contribution >= 4 is 56.0 Å². The summed E-state index contributed by atoms with van der Waals surface area (Å²) < 4.78 is 6.15. The number of thioether (sulfide) groups is 1. The number of para-hydroxylation sites is 1. The van der Waals surface area contributed by atoms with Gasteiger partial charge in [-0.3, -0.25) is 14.5 Å². The molecule has 3 aromatic carbocycles. The maximum absolute atomic E-state index is 13.3. The van der Waals surface area contributed by atoms with Crippen molar-refractivity contribution in [3.05, 3.63) is 88.9 Å². The number of rotatable bonds is 8. The number of amidine groups is 1. The van der Waals surface area contributed by atoms with Crippen molar-refractivity contribution in [3.63, 3.8) is 0 Å². The lowest BCUT2D eigenvalue weighted by Crippen LogP contribution is -2.35. The Labute approximate surface area is 211 Å². The zero-order valence-electron chi connectivity index (χ0n) is 18.6. The van der Waals surface area contributed by atoms with Crippen molar-refractivity contribution in [2.24, 2.45) is 4.99 Å². The van der Waals surface area contributed by atoms with Gasteiger partial charge in [0.1, 0.15) is 11.0 Å². The monoisotopic (exact) mass is 537 g/mol. The van der Waals surface area contributed by atoms with Crippen LogP contribution >= 0.6 is 27.7 Å². The number of carbonyl (C=O) groups excluding carboxylic acids is 2. The summed E-state index contributed by atoms with van der Waals surface area (Å²) in [5, 5.41) is 2.97. The summed E-state index contributed by atoms with van der Waals surface area (Å²) in [5.41, 5.74) is 2.56. The number of nitrogens with zero attached hydrogens (tertiary/aromatic N) is 2. The molecule has 34 heavy (non-hydrogen) atoms. The predicted octanol–water partition coefficient (Wildman–Crippen LogP) is 5.66. The maximum Gasteiger partial charge on any atom is 0.242 e. The summed E-state index contributed by atoms with van der Waals surface area (Å²) in [7, 11) is 1.63. The highest BCUT2D eigenvalue weighted by molar-refractivity contribution is 9.10. The van der Waals surface area contributed by atoms with Gasteiger partial charge in [-0.1, -0.05) is 58.0 Å². The van der Waals surface area contributed by atoms with Crippen molar-refractivity contribution in [1.29, 1.82) is 0 Å². The van der Waals surface area contributed by atoms with Gasteiger partial charge in [0.05, 0.1) is 12.8 Å². The zero-order chi connectivity index (χ0) is 23.9. The molecule has 0 bridgehead atoms. The third-order valence-corrected chi connectivity index (χ3v) is 6.99. The lowest BCUT2D eigenvalue weighted by Gasteiger charge is -2.16. The minimum absolute atomic E-state index is 0.0758. The van der Waals surface area contributed by atoms with E-state index in [2.05, 4.69) is 21.2 Å². The first-order valence-electron chi connectivity index (χ1n) is 10.8. The summed E-state index contributed by atoms with van der Waals surface area (Å²) in [5.74, 6) is 0.489. The van der Waals surface area contributed by atoms with E-state index < -0.39 is 5.25 Å². The fourth-order valence-electron chi connectivity index (χ4n) is 3.49. The van der Waals surface area contributed by atoms with Gasteiger partial charge in [-0.25, -0.2) is 4.99 Å². The van der Waals surface area contributed by atoms with Gasteiger partial charge in [0.25, 0.3) is 0 Å². The molecule has 3 aromatic rings. The molecular formula is C26H24BrN3O3S. The van der Waals surface area contributed by atoms with Crippen LogP contribution in [0.4, 0.5) is 11.4 Å². The van der Waals surface area contributed by atoms with E-state index in [4.69, 9.17) is 9.73 Å². The van der Waals surface area contributed by atoms with Gasteiger partial charge in [-0.15, -0.1) is 0 Å². The summed E-state index contributed by atoms with van der Waals surface area (Å²) in [6.07, 6.45) is 0.744. The van der Waals surface area contributed by atoms with E-state index in [1.165, 1.54) is 11.8 Å². The molecule has 2 amide bonds. The van der Waals surface area contributed by atoms with Gasteiger partial charge in [0.2, 0.25) is 11.8 Å². The van der Waals surface area contributed by atoms with Crippen LogP contribution in [0, 0.1) is 0 Å². The van der Waals surface area contributed by atoms with Crippen LogP contribution in [0.3, 0.4) is 0 Å². The third kappa shape index (κ3) is 6.27. The van der Waals surface area contributed by atoms with Gasteiger partial charge < -0.3 is 10.1 Å². The second-order valence-corrected chi connectivity index (χ2v) is 9.77. The number of hydrogen-bond donors (Lipinski definition) is 1. The smallest absolute Gasteiger partial charge is 0.242 e. The van der Waals surface area contributed by atoms with E-state index in [1.807, 2.05) is 78.9 Å². The fraction of sp³-hybridized carbons (Fsp3) is 0.192. The molecule has 1 fully saturated rings. The van der Waals surface area contributed by atoms with E-state index in [9.17, 15) is 9.59 Å². The Bertz CT molecular complexity index is 1170. The van der Waals surface area contributed by atoms with Gasteiger partial charge in [0.15, 0.2) is 5.17 Å². The molecule has 1 aliphatic rings. The molecule has 1 aliphatic heterocycles. The van der Waals surface area contributed by atoms with Gasteiger partial charge in [-0.05, 0) is 60.5 Å². The highest BCUT2D eigenvalue weighted by atomic mass is 79.9. The largest absolute Gasteiger partial charge is 0.497 e. The number of amides is 2. The third-order valence-electron chi connectivity index (χ3n) is 5.28. The highest BCUT2D eigenvalue weighted by Crippen LogP contribution is 2.32. The molecule has 1 atom stereocenters. The standard InChI is InChI=1S/C26H24BrN3O3S/c1-33-22-13-7-18(8-14-22)15-16-30-25(32)23(34-26(30)29-20-5-3-2-4-6-20)17-24(31)28-21-11-9-19(27)10-12-21/h2-14,23H,15-17H2,1H3,(H,28,31)/t23-/m1/s1. The molecule has 0 radical (unpaired) electrons. The lowest BCUT2D eigenvalue weighted by atomic mass is 10.1. The van der Waals surface area contributed by atoms with Crippen molar-refractivity contribution < 1.29 is 14.3 Å². The van der Waals surface area contributed by atoms with E-state index in [-0.39, 0.29) is 18.2 Å². The van der Waals surface area contributed by atoms with Gasteiger partial charge in [0, 0.05) is 23.1 Å². The highest BCUT2D eigenvalue weighted by Gasteiger charge is 2.39. The second-order valence-electron chi connectivity index (χ2n) is 7.68. The van der Waals surface area contributed by atoms with Gasteiger partial charge in [-0.2, -0.15) is 0 Å². The lowest BCUT2D eigenvalue weighted by molar-refractivity contribution is -0.128. The Hall–Kier alpha value is -3.10. The number of nitrogens with one attached hydrogen (secondary N) is 1. The number of ether oxygens (including phenoxy) is 1. The molecule has 6 nitrogen and oxygen atoms in total. The summed E-state index contributed by atoms with van der Waals surface area (Å²) in [4.78, 5) is 32.3. The Morgan fingerprint density at radius 2 is 1.76 bits per heavy atom. The first-order chi connectivity index (χ1) is 16.5. The van der Waals surface area contributed by atoms with Crippen LogP contribution in [0.1, 0.15) is 12.0 Å². The molecule has 0 aliphatic carbocycles. The predicted molar refractivity (Wildman–Crippen MR) is 141 cm³/mol. The Kier molecular flexibility index (Phi) is 8.03. The van der Waals surface area contributed by atoms with Crippen molar-refractivity contribution in [1.82, 2.24) is 4.90 Å². The maximum atomic E-state index is 13.3. The average molecular weight is 538 g/mol. The molecule has 0 aromatic heterocycles. The van der Waals surface area contributed by atoms with E-state index in [0.29, 0.717) is 23.8 Å². The minimum atomic E-state index is -0.520. The zero-order valence-corrected chi connectivity index (χ0v) is 21.0. The molecule has 174 valence electrons. The number of benzene rings is 3. The van der Waals surface area contributed by atoms with Crippen LogP contribution in [-0.2, 0) is 16.0 Å². The number of anilines is 1. The van der Waals surface area contributed by atoms with Crippen LogP contribution in [-0.4, -0.2) is 40.8 Å². The molecule has 4 rings (SSSR count). The van der Waals surface area contributed by atoms with Crippen molar-refractivity contribution in [2.45, 2.75) is 18.1 Å². The van der Waals surface area contributed by atoms with E-state index in [1.54, 1.807) is 12.0 Å². The van der Waals surface area contributed by atoms with Crippen LogP contribution in [0.25, 0.3) is 0 Å². The van der Waals surface area contributed by atoms with Crippen LogP contribution in [0.5, 0.6) is 5.75 Å².